The lowest BCUT2D eigenvalue weighted by atomic mass is 10.0. The summed E-state index contributed by atoms with van der Waals surface area (Å²) in [4.78, 5) is 10.5. The number of anilines is 2. The summed E-state index contributed by atoms with van der Waals surface area (Å²) in [5.41, 5.74) is 5.74. The molecule has 1 aromatic rings. The van der Waals surface area contributed by atoms with Gasteiger partial charge in [-0.05, 0) is 13.8 Å². The van der Waals surface area contributed by atoms with Crippen molar-refractivity contribution in [3.05, 3.63) is 12.4 Å². The summed E-state index contributed by atoms with van der Waals surface area (Å²) in [5.74, 6) is 1.23. The third-order valence-corrected chi connectivity index (χ3v) is 2.61. The first-order chi connectivity index (χ1) is 7.11. The quantitative estimate of drug-likeness (QED) is 0.735. The highest BCUT2D eigenvalue weighted by molar-refractivity contribution is 5.59. The van der Waals surface area contributed by atoms with Crippen LogP contribution in [0.3, 0.4) is 0 Å². The minimum Gasteiger partial charge on any atom is -0.381 e. The molecule has 15 heavy (non-hydrogen) atoms. The van der Waals surface area contributed by atoms with E-state index < -0.39 is 0 Å². The van der Waals surface area contributed by atoms with E-state index in [-0.39, 0.29) is 5.54 Å². The molecule has 0 bridgehead atoms. The second-order valence-corrected chi connectivity index (χ2v) is 4.28. The molecule has 5 heteroatoms. The monoisotopic (exact) mass is 208 g/mol. The fourth-order valence-electron chi connectivity index (χ4n) is 1.80. The zero-order chi connectivity index (χ0) is 10.9. The highest BCUT2D eigenvalue weighted by atomic mass is 16.5. The lowest BCUT2D eigenvalue weighted by Gasteiger charge is -2.42. The number of nitrogens with zero attached hydrogens (tertiary/aromatic N) is 3. The average Bonchev–Trinajstić information content (AvgIpc) is 2.19. The van der Waals surface area contributed by atoms with Crippen molar-refractivity contribution in [2.24, 2.45) is 0 Å². The number of hydrogen-bond acceptors (Lipinski definition) is 5. The van der Waals surface area contributed by atoms with Gasteiger partial charge in [0.05, 0.1) is 18.8 Å². The lowest BCUT2D eigenvalue weighted by molar-refractivity contribution is 0.0640. The minimum absolute atomic E-state index is 0.0809. The summed E-state index contributed by atoms with van der Waals surface area (Å²) in [6.45, 7) is 6.42. The number of ether oxygens (including phenoxy) is 1. The molecule has 1 aliphatic heterocycles. The maximum absolute atomic E-state index is 5.82. The van der Waals surface area contributed by atoms with Crippen LogP contribution >= 0.6 is 0 Å². The molecule has 0 aliphatic carbocycles. The van der Waals surface area contributed by atoms with E-state index in [4.69, 9.17) is 10.5 Å². The standard InChI is InChI=1S/C10H16N4O/c1-10(2)7-15-6-5-14(10)9-8(11)12-3-4-13-9/h3-4H,5-7H2,1-2H3,(H2,11,12). The Morgan fingerprint density at radius 3 is 2.80 bits per heavy atom. The van der Waals surface area contributed by atoms with E-state index in [2.05, 4.69) is 28.7 Å². The van der Waals surface area contributed by atoms with E-state index in [9.17, 15) is 0 Å². The highest BCUT2D eigenvalue weighted by Crippen LogP contribution is 2.27. The van der Waals surface area contributed by atoms with Crippen molar-refractivity contribution in [3.63, 3.8) is 0 Å². The van der Waals surface area contributed by atoms with Gasteiger partial charge in [-0.1, -0.05) is 0 Å². The molecule has 2 rings (SSSR count). The molecule has 0 saturated carbocycles. The number of morpholine rings is 1. The number of nitrogens with two attached hydrogens (primary N) is 1. The van der Waals surface area contributed by atoms with Crippen molar-refractivity contribution in [2.45, 2.75) is 19.4 Å². The first-order valence-corrected chi connectivity index (χ1v) is 5.03. The summed E-state index contributed by atoms with van der Waals surface area (Å²) >= 11 is 0. The Hall–Kier alpha value is -1.36. The van der Waals surface area contributed by atoms with Crippen molar-refractivity contribution < 1.29 is 4.74 Å². The van der Waals surface area contributed by atoms with Crippen LogP contribution in [0, 0.1) is 0 Å². The molecule has 0 atom stereocenters. The molecule has 82 valence electrons. The van der Waals surface area contributed by atoms with Crippen LogP contribution < -0.4 is 10.6 Å². The fourth-order valence-corrected chi connectivity index (χ4v) is 1.80. The highest BCUT2D eigenvalue weighted by Gasteiger charge is 2.32. The predicted octanol–water partition coefficient (Wildman–Crippen LogP) is 0.674. The van der Waals surface area contributed by atoms with E-state index in [1.807, 2.05) is 0 Å². The maximum atomic E-state index is 5.82. The van der Waals surface area contributed by atoms with Gasteiger partial charge in [0, 0.05) is 18.9 Å². The SMILES string of the molecule is CC1(C)COCCN1c1nccnc1N. The van der Waals surface area contributed by atoms with Gasteiger partial charge in [0.25, 0.3) is 0 Å². The Labute approximate surface area is 89.3 Å². The van der Waals surface area contributed by atoms with Crippen molar-refractivity contribution in [1.29, 1.82) is 0 Å². The summed E-state index contributed by atoms with van der Waals surface area (Å²) in [7, 11) is 0. The van der Waals surface area contributed by atoms with Crippen LogP contribution in [-0.2, 0) is 4.74 Å². The summed E-state index contributed by atoms with van der Waals surface area (Å²) in [6.07, 6.45) is 3.27. The van der Waals surface area contributed by atoms with Crippen LogP contribution in [0.1, 0.15) is 13.8 Å². The van der Waals surface area contributed by atoms with Crippen LogP contribution in [0.5, 0.6) is 0 Å². The first kappa shape index (κ1) is 10.2. The molecule has 0 unspecified atom stereocenters. The molecule has 0 amide bonds. The molecular weight excluding hydrogens is 192 g/mol. The molecule has 0 radical (unpaired) electrons. The van der Waals surface area contributed by atoms with Gasteiger partial charge in [0.15, 0.2) is 11.6 Å². The smallest absolute Gasteiger partial charge is 0.172 e. The number of aromatic nitrogens is 2. The Morgan fingerprint density at radius 1 is 1.40 bits per heavy atom. The topological polar surface area (TPSA) is 64.3 Å². The third-order valence-electron chi connectivity index (χ3n) is 2.61. The Bertz CT molecular complexity index is 353. The molecule has 2 heterocycles. The maximum Gasteiger partial charge on any atom is 0.172 e. The zero-order valence-corrected chi connectivity index (χ0v) is 9.10. The molecule has 0 spiro atoms. The van der Waals surface area contributed by atoms with Gasteiger partial charge in [-0.15, -0.1) is 0 Å². The first-order valence-electron chi connectivity index (χ1n) is 5.03. The largest absolute Gasteiger partial charge is 0.381 e. The van der Waals surface area contributed by atoms with Gasteiger partial charge in [-0.3, -0.25) is 0 Å². The normalized spacial score (nSPS) is 20.3. The van der Waals surface area contributed by atoms with Gasteiger partial charge >= 0.3 is 0 Å². The molecule has 1 aromatic heterocycles. The molecule has 1 saturated heterocycles. The van der Waals surface area contributed by atoms with Crippen molar-refractivity contribution in [1.82, 2.24) is 9.97 Å². The van der Waals surface area contributed by atoms with E-state index >= 15 is 0 Å². The van der Waals surface area contributed by atoms with E-state index in [1.54, 1.807) is 12.4 Å². The molecule has 2 N–H and O–H groups in total. The summed E-state index contributed by atoms with van der Waals surface area (Å²) < 4.78 is 5.45. The predicted molar refractivity (Wildman–Crippen MR) is 58.7 cm³/mol. The van der Waals surface area contributed by atoms with Crippen molar-refractivity contribution in [3.8, 4) is 0 Å². The summed E-state index contributed by atoms with van der Waals surface area (Å²) in [6, 6.07) is 0. The van der Waals surface area contributed by atoms with E-state index in [0.29, 0.717) is 19.0 Å². The second kappa shape index (κ2) is 3.66. The Balaban J connectivity index is 2.33. The lowest BCUT2D eigenvalue weighted by Crippen LogP contribution is -2.53. The zero-order valence-electron chi connectivity index (χ0n) is 9.10. The van der Waals surface area contributed by atoms with Crippen LogP contribution in [0.4, 0.5) is 11.6 Å². The van der Waals surface area contributed by atoms with E-state index in [1.165, 1.54) is 0 Å². The number of hydrogen-bond donors (Lipinski definition) is 1. The van der Waals surface area contributed by atoms with Crippen molar-refractivity contribution >= 4 is 11.6 Å². The molecule has 1 aliphatic rings. The van der Waals surface area contributed by atoms with Gasteiger partial charge in [-0.2, -0.15) is 0 Å². The van der Waals surface area contributed by atoms with Crippen LogP contribution in [-0.4, -0.2) is 35.3 Å². The number of rotatable bonds is 1. The minimum atomic E-state index is -0.0809. The Kier molecular flexibility index (Phi) is 2.48. The van der Waals surface area contributed by atoms with Crippen LogP contribution in [0.15, 0.2) is 12.4 Å². The van der Waals surface area contributed by atoms with Gasteiger partial charge in [0.2, 0.25) is 0 Å². The molecular formula is C10H16N4O. The van der Waals surface area contributed by atoms with E-state index in [0.717, 1.165) is 12.4 Å². The van der Waals surface area contributed by atoms with Crippen LogP contribution in [0.2, 0.25) is 0 Å². The molecule has 0 aromatic carbocycles. The summed E-state index contributed by atoms with van der Waals surface area (Å²) in [5, 5.41) is 0. The number of nitrogen functional groups attached to an aromatic ring is 1. The second-order valence-electron chi connectivity index (χ2n) is 4.28. The fraction of sp³-hybridized carbons (Fsp3) is 0.600. The Morgan fingerprint density at radius 2 is 2.13 bits per heavy atom. The van der Waals surface area contributed by atoms with Gasteiger partial charge in [-0.25, -0.2) is 9.97 Å². The van der Waals surface area contributed by atoms with Gasteiger partial charge in [0.1, 0.15) is 0 Å². The third kappa shape index (κ3) is 1.87. The van der Waals surface area contributed by atoms with Crippen molar-refractivity contribution in [2.75, 3.05) is 30.4 Å². The molecule has 5 nitrogen and oxygen atoms in total. The van der Waals surface area contributed by atoms with Crippen LogP contribution in [0.25, 0.3) is 0 Å². The average molecular weight is 208 g/mol. The van der Waals surface area contributed by atoms with Gasteiger partial charge < -0.3 is 15.4 Å². The molecule has 1 fully saturated rings.